The van der Waals surface area contributed by atoms with Crippen LogP contribution < -0.4 is 10.5 Å². The molecule has 0 unspecified atom stereocenters. The van der Waals surface area contributed by atoms with Crippen molar-refractivity contribution >= 4 is 31.6 Å². The molecule has 8 nitrogen and oxygen atoms in total. The van der Waals surface area contributed by atoms with E-state index in [0.29, 0.717) is 41.4 Å². The van der Waals surface area contributed by atoms with Gasteiger partial charge in [0.25, 0.3) is 5.91 Å². The Morgan fingerprint density at radius 3 is 2.38 bits per heavy atom. The van der Waals surface area contributed by atoms with Gasteiger partial charge in [-0.15, -0.1) is 0 Å². The molecule has 0 aromatic heterocycles. The largest absolute Gasteiger partial charge is 0.322 e. The molecule has 3 N–H and O–H groups in total. The summed E-state index contributed by atoms with van der Waals surface area (Å²) < 4.78 is 50.8. The van der Waals surface area contributed by atoms with Crippen molar-refractivity contribution in [2.75, 3.05) is 18.4 Å². The number of anilines is 1. The van der Waals surface area contributed by atoms with Gasteiger partial charge in [0, 0.05) is 24.3 Å². The second-order valence-corrected chi connectivity index (χ2v) is 12.0. The third-order valence-electron chi connectivity index (χ3n) is 5.80. The van der Waals surface area contributed by atoms with E-state index in [1.807, 2.05) is 0 Å². The molecule has 1 aliphatic heterocycles. The SMILES string of the molecule is Cc1cc(C(=O)Nc2cccc(CS(N)(=O)=O)c2)cc(S(=O)(=O)N2CCC(C)CC2)c1C. The van der Waals surface area contributed by atoms with Crippen molar-refractivity contribution in [1.29, 1.82) is 0 Å². The number of aryl methyl sites for hydroxylation is 1. The zero-order valence-electron chi connectivity index (χ0n) is 18.5. The van der Waals surface area contributed by atoms with Gasteiger partial charge in [0.05, 0.1) is 10.6 Å². The molecule has 0 spiro atoms. The molecule has 1 amide bonds. The molecule has 174 valence electrons. The Labute approximate surface area is 189 Å². The van der Waals surface area contributed by atoms with E-state index in [1.165, 1.54) is 16.4 Å². The zero-order chi connectivity index (χ0) is 23.7. The van der Waals surface area contributed by atoms with Crippen molar-refractivity contribution in [3.8, 4) is 0 Å². The van der Waals surface area contributed by atoms with Gasteiger partial charge in [0.1, 0.15) is 0 Å². The van der Waals surface area contributed by atoms with Gasteiger partial charge in [-0.1, -0.05) is 19.1 Å². The molecule has 2 aromatic rings. The molecule has 3 rings (SSSR count). The summed E-state index contributed by atoms with van der Waals surface area (Å²) in [7, 11) is -7.43. The van der Waals surface area contributed by atoms with Crippen molar-refractivity contribution < 1.29 is 21.6 Å². The molecule has 2 aromatic carbocycles. The number of amides is 1. The molecule has 0 bridgehead atoms. The van der Waals surface area contributed by atoms with Crippen molar-refractivity contribution in [1.82, 2.24) is 4.31 Å². The van der Waals surface area contributed by atoms with Gasteiger partial charge < -0.3 is 5.32 Å². The zero-order valence-corrected chi connectivity index (χ0v) is 20.1. The average Bonchev–Trinajstić information content (AvgIpc) is 2.69. The number of piperidine rings is 1. The quantitative estimate of drug-likeness (QED) is 0.659. The number of rotatable bonds is 6. The number of benzene rings is 2. The summed E-state index contributed by atoms with van der Waals surface area (Å²) in [5.74, 6) is -0.340. The lowest BCUT2D eigenvalue weighted by molar-refractivity contribution is 0.102. The number of sulfonamides is 2. The number of nitrogens with two attached hydrogens (primary N) is 1. The molecule has 1 heterocycles. The molecular weight excluding hydrogens is 450 g/mol. The predicted molar refractivity (Wildman–Crippen MR) is 124 cm³/mol. The Morgan fingerprint density at radius 2 is 1.75 bits per heavy atom. The monoisotopic (exact) mass is 479 g/mol. The van der Waals surface area contributed by atoms with Crippen molar-refractivity contribution in [3.63, 3.8) is 0 Å². The van der Waals surface area contributed by atoms with Gasteiger partial charge >= 0.3 is 0 Å². The van der Waals surface area contributed by atoms with Crippen LogP contribution in [0.2, 0.25) is 0 Å². The molecule has 0 aliphatic carbocycles. The van der Waals surface area contributed by atoms with Crippen LogP contribution in [0.15, 0.2) is 41.3 Å². The number of nitrogens with zero attached hydrogens (tertiary/aromatic N) is 1. The van der Waals surface area contributed by atoms with Crippen LogP contribution >= 0.6 is 0 Å². The third kappa shape index (κ3) is 5.74. The molecule has 32 heavy (non-hydrogen) atoms. The lowest BCUT2D eigenvalue weighted by Gasteiger charge is -2.30. The highest BCUT2D eigenvalue weighted by atomic mass is 32.2. The van der Waals surface area contributed by atoms with Crippen LogP contribution in [-0.2, 0) is 25.8 Å². The first-order valence-corrected chi connectivity index (χ1v) is 13.5. The van der Waals surface area contributed by atoms with E-state index in [2.05, 4.69) is 12.2 Å². The fourth-order valence-corrected chi connectivity index (χ4v) is 6.20. The summed E-state index contributed by atoms with van der Waals surface area (Å²) in [5, 5.41) is 7.80. The Kier molecular flexibility index (Phi) is 7.09. The smallest absolute Gasteiger partial charge is 0.255 e. The minimum atomic E-state index is -3.72. The van der Waals surface area contributed by atoms with E-state index in [0.717, 1.165) is 12.8 Å². The summed E-state index contributed by atoms with van der Waals surface area (Å²) in [4.78, 5) is 13.0. The number of hydrogen-bond donors (Lipinski definition) is 2. The first kappa shape index (κ1) is 24.4. The lowest BCUT2D eigenvalue weighted by Crippen LogP contribution is -2.38. The fraction of sp³-hybridized carbons (Fsp3) is 0.409. The Hall–Kier alpha value is -2.27. The van der Waals surface area contributed by atoms with Crippen LogP contribution in [0.1, 0.15) is 46.8 Å². The molecule has 0 radical (unpaired) electrons. The van der Waals surface area contributed by atoms with Crippen LogP contribution in [0.5, 0.6) is 0 Å². The average molecular weight is 480 g/mol. The number of carbonyl (C=O) groups excluding carboxylic acids is 1. The number of hydrogen-bond acceptors (Lipinski definition) is 5. The van der Waals surface area contributed by atoms with Gasteiger partial charge in [0.2, 0.25) is 20.0 Å². The highest BCUT2D eigenvalue weighted by molar-refractivity contribution is 7.89. The van der Waals surface area contributed by atoms with Gasteiger partial charge in [-0.05, 0) is 73.6 Å². The second kappa shape index (κ2) is 9.30. The molecule has 1 aliphatic rings. The summed E-state index contributed by atoms with van der Waals surface area (Å²) in [6.45, 7) is 6.57. The first-order valence-electron chi connectivity index (χ1n) is 10.4. The first-order chi connectivity index (χ1) is 14.9. The number of nitrogens with one attached hydrogen (secondary N) is 1. The maximum atomic E-state index is 13.3. The molecule has 0 saturated carbocycles. The van der Waals surface area contributed by atoms with E-state index in [9.17, 15) is 21.6 Å². The lowest BCUT2D eigenvalue weighted by atomic mass is 10.0. The van der Waals surface area contributed by atoms with Crippen molar-refractivity contribution in [2.24, 2.45) is 11.1 Å². The Bertz CT molecular complexity index is 1230. The topological polar surface area (TPSA) is 127 Å². The standard InChI is InChI=1S/C22H29N3O5S2/c1-15-7-9-25(10-8-15)32(29,30)21-13-19(11-16(2)17(21)3)22(26)24-20-6-4-5-18(12-20)14-31(23,27)28/h4-6,11-13,15H,7-10,14H2,1-3H3,(H,24,26)(H2,23,27,28). The van der Waals surface area contributed by atoms with E-state index >= 15 is 0 Å². The van der Waals surface area contributed by atoms with Crippen LogP contribution in [0.4, 0.5) is 5.69 Å². The van der Waals surface area contributed by atoms with E-state index in [1.54, 1.807) is 38.1 Å². The van der Waals surface area contributed by atoms with Crippen molar-refractivity contribution in [3.05, 3.63) is 58.7 Å². The minimum Gasteiger partial charge on any atom is -0.322 e. The van der Waals surface area contributed by atoms with Crippen LogP contribution in [0, 0.1) is 19.8 Å². The summed E-state index contributed by atoms with van der Waals surface area (Å²) in [5.41, 5.74) is 2.37. The van der Waals surface area contributed by atoms with E-state index in [4.69, 9.17) is 5.14 Å². The van der Waals surface area contributed by atoms with Crippen molar-refractivity contribution in [2.45, 2.75) is 44.3 Å². The van der Waals surface area contributed by atoms with Gasteiger partial charge in [-0.25, -0.2) is 22.0 Å². The van der Waals surface area contributed by atoms with E-state index < -0.39 is 26.0 Å². The predicted octanol–water partition coefficient (Wildman–Crippen LogP) is 2.76. The fourth-order valence-electron chi connectivity index (χ4n) is 3.76. The number of primary sulfonamides is 1. The second-order valence-electron chi connectivity index (χ2n) is 8.46. The maximum Gasteiger partial charge on any atom is 0.255 e. The summed E-state index contributed by atoms with van der Waals surface area (Å²) in [6, 6.07) is 9.42. The molecule has 1 saturated heterocycles. The Morgan fingerprint density at radius 1 is 1.09 bits per heavy atom. The van der Waals surface area contributed by atoms with Crippen LogP contribution in [-0.4, -0.2) is 40.1 Å². The highest BCUT2D eigenvalue weighted by Gasteiger charge is 2.30. The minimum absolute atomic E-state index is 0.139. The van der Waals surface area contributed by atoms with Gasteiger partial charge in [-0.3, -0.25) is 4.79 Å². The molecule has 0 atom stereocenters. The Balaban J connectivity index is 1.89. The third-order valence-corrected chi connectivity index (χ3v) is 8.56. The van der Waals surface area contributed by atoms with Gasteiger partial charge in [-0.2, -0.15) is 4.31 Å². The normalized spacial score (nSPS) is 16.1. The summed E-state index contributed by atoms with van der Waals surface area (Å²) >= 11 is 0. The maximum absolute atomic E-state index is 13.3. The number of carbonyl (C=O) groups is 1. The van der Waals surface area contributed by atoms with Crippen LogP contribution in [0.3, 0.4) is 0 Å². The molecule has 10 heteroatoms. The van der Waals surface area contributed by atoms with Crippen LogP contribution in [0.25, 0.3) is 0 Å². The summed E-state index contributed by atoms with van der Waals surface area (Å²) in [6.07, 6.45) is 1.62. The van der Waals surface area contributed by atoms with E-state index in [-0.39, 0.29) is 16.2 Å². The molecular formula is C22H29N3O5S2. The highest BCUT2D eigenvalue weighted by Crippen LogP contribution is 2.28. The molecule has 1 fully saturated rings. The van der Waals surface area contributed by atoms with Gasteiger partial charge in [0.15, 0.2) is 0 Å².